The summed E-state index contributed by atoms with van der Waals surface area (Å²) in [6.45, 7) is 2.15. The largest absolute Gasteiger partial charge is 0.309 e. The Hall–Kier alpha value is -6.84. The lowest BCUT2D eigenvalue weighted by atomic mass is 10.0. The van der Waals surface area contributed by atoms with Crippen LogP contribution >= 0.6 is 0 Å². The van der Waals surface area contributed by atoms with Gasteiger partial charge in [-0.3, -0.25) is 0 Å². The average molecular weight is 664 g/mol. The number of rotatable bonds is 5. The van der Waals surface area contributed by atoms with E-state index in [1.54, 1.807) is 0 Å². The van der Waals surface area contributed by atoms with Gasteiger partial charge in [-0.25, -0.2) is 0 Å². The summed E-state index contributed by atoms with van der Waals surface area (Å²) in [4.78, 5) is 2.42. The van der Waals surface area contributed by atoms with Crippen LogP contribution in [0.4, 0.5) is 17.1 Å². The topological polar surface area (TPSA) is 12.6 Å². The van der Waals surface area contributed by atoms with Crippen LogP contribution in [0.25, 0.3) is 76.7 Å². The molecule has 0 bridgehead atoms. The van der Waals surface area contributed by atoms with Crippen LogP contribution in [-0.2, 0) is 0 Å². The van der Waals surface area contributed by atoms with E-state index in [1.807, 2.05) is 0 Å². The number of aryl methyl sites for hydroxylation is 1. The Morgan fingerprint density at radius 3 is 1.67 bits per heavy atom. The molecule has 3 nitrogen and oxygen atoms in total. The summed E-state index contributed by atoms with van der Waals surface area (Å²) in [5.41, 5.74) is 14.4. The van der Waals surface area contributed by atoms with Gasteiger partial charge in [0, 0.05) is 49.4 Å². The fourth-order valence-electron chi connectivity index (χ4n) is 8.56. The third kappa shape index (κ3) is 4.14. The second-order valence-electron chi connectivity index (χ2n) is 13.9. The van der Waals surface area contributed by atoms with Gasteiger partial charge in [-0.2, -0.15) is 0 Å². The lowest BCUT2D eigenvalue weighted by Crippen LogP contribution is -2.11. The van der Waals surface area contributed by atoms with Crippen molar-refractivity contribution in [2.75, 3.05) is 4.90 Å². The molecule has 11 rings (SSSR count). The molecule has 8 aromatic carbocycles. The summed E-state index contributed by atoms with van der Waals surface area (Å²) >= 11 is 0. The van der Waals surface area contributed by atoms with E-state index in [4.69, 9.17) is 0 Å². The van der Waals surface area contributed by atoms with Crippen LogP contribution in [0.2, 0.25) is 0 Å². The Morgan fingerprint density at radius 2 is 0.923 bits per heavy atom. The molecule has 0 unspecified atom stereocenters. The van der Waals surface area contributed by atoms with Crippen LogP contribution in [0.5, 0.6) is 0 Å². The van der Waals surface area contributed by atoms with Crippen LogP contribution in [-0.4, -0.2) is 8.97 Å². The lowest BCUT2D eigenvalue weighted by Gasteiger charge is -2.27. The minimum Gasteiger partial charge on any atom is -0.309 e. The van der Waals surface area contributed by atoms with E-state index in [0.29, 0.717) is 0 Å². The highest BCUT2D eigenvalue weighted by atomic mass is 15.2. The van der Waals surface area contributed by atoms with Crippen molar-refractivity contribution in [2.24, 2.45) is 0 Å². The first-order chi connectivity index (χ1) is 25.7. The summed E-state index contributed by atoms with van der Waals surface area (Å²) in [5.74, 6) is 0. The van der Waals surface area contributed by atoms with Crippen molar-refractivity contribution in [3.63, 3.8) is 0 Å². The van der Waals surface area contributed by atoms with Gasteiger partial charge < -0.3 is 13.9 Å². The third-order valence-corrected chi connectivity index (χ3v) is 10.9. The van der Waals surface area contributed by atoms with E-state index in [9.17, 15) is 0 Å². The first kappa shape index (κ1) is 28.9. The van der Waals surface area contributed by atoms with Crippen LogP contribution in [0.3, 0.4) is 0 Å². The van der Waals surface area contributed by atoms with Crippen molar-refractivity contribution >= 4 is 77.0 Å². The van der Waals surface area contributed by atoms with Gasteiger partial charge in [0.1, 0.15) is 0 Å². The molecule has 0 fully saturated rings. The maximum atomic E-state index is 2.49. The highest BCUT2D eigenvalue weighted by molar-refractivity contribution is 6.25. The average Bonchev–Trinajstić information content (AvgIpc) is 3.85. The van der Waals surface area contributed by atoms with E-state index in [2.05, 4.69) is 203 Å². The van der Waals surface area contributed by atoms with E-state index in [-0.39, 0.29) is 0 Å². The number of hydrogen-bond acceptors (Lipinski definition) is 1. The smallest absolute Gasteiger partial charge is 0.0782 e. The molecule has 52 heavy (non-hydrogen) atoms. The van der Waals surface area contributed by atoms with Crippen LogP contribution in [0.1, 0.15) is 5.56 Å². The van der Waals surface area contributed by atoms with Gasteiger partial charge in [-0.1, -0.05) is 121 Å². The standard InChI is InChI=1S/C49H33N3/c1-32-21-26-36(27-22-32)50(47-20-10-17-42-41-16-9-15-40-38-13-5-8-19-45(38)52(48(40)41)49(42)47)37-28-23-33(24-29-37)34-25-30-46-43(31-34)39-14-6-7-18-44(39)51(46)35-11-3-2-4-12-35/h2-31H,1H3. The van der Waals surface area contributed by atoms with Crippen molar-refractivity contribution in [1.29, 1.82) is 0 Å². The highest BCUT2D eigenvalue weighted by Gasteiger charge is 2.23. The molecular weight excluding hydrogens is 631 g/mol. The fraction of sp³-hybridized carbons (Fsp3) is 0.0204. The molecule has 0 aliphatic heterocycles. The second-order valence-corrected chi connectivity index (χ2v) is 13.9. The van der Waals surface area contributed by atoms with Crippen molar-refractivity contribution in [3.05, 3.63) is 188 Å². The van der Waals surface area contributed by atoms with Crippen molar-refractivity contribution in [3.8, 4) is 16.8 Å². The maximum absolute atomic E-state index is 2.49. The van der Waals surface area contributed by atoms with Crippen LogP contribution in [0.15, 0.2) is 182 Å². The number of para-hydroxylation sites is 5. The summed E-state index contributed by atoms with van der Waals surface area (Å²) < 4.78 is 4.86. The monoisotopic (exact) mass is 663 g/mol. The lowest BCUT2D eigenvalue weighted by molar-refractivity contribution is 1.18. The van der Waals surface area contributed by atoms with Gasteiger partial charge in [-0.05, 0) is 84.8 Å². The minimum atomic E-state index is 1.12. The number of nitrogens with zero attached hydrogens (tertiary/aromatic N) is 3. The molecular formula is C49H33N3. The zero-order valence-electron chi connectivity index (χ0n) is 28.7. The Bertz CT molecular complexity index is 3110. The van der Waals surface area contributed by atoms with Gasteiger partial charge >= 0.3 is 0 Å². The zero-order chi connectivity index (χ0) is 34.3. The molecule has 0 aliphatic rings. The third-order valence-electron chi connectivity index (χ3n) is 10.9. The van der Waals surface area contributed by atoms with Gasteiger partial charge in [0.05, 0.1) is 33.3 Å². The van der Waals surface area contributed by atoms with E-state index in [0.717, 1.165) is 17.1 Å². The maximum Gasteiger partial charge on any atom is 0.0782 e. The molecule has 3 aromatic heterocycles. The molecule has 3 heterocycles. The minimum absolute atomic E-state index is 1.12. The van der Waals surface area contributed by atoms with E-state index < -0.39 is 0 Å². The van der Waals surface area contributed by atoms with Gasteiger partial charge in [0.2, 0.25) is 0 Å². The molecule has 3 heteroatoms. The van der Waals surface area contributed by atoms with Crippen molar-refractivity contribution < 1.29 is 0 Å². The molecule has 0 N–H and O–H groups in total. The number of hydrogen-bond donors (Lipinski definition) is 0. The summed E-state index contributed by atoms with van der Waals surface area (Å²) in [6.07, 6.45) is 0. The Kier molecular flexibility index (Phi) is 6.17. The second kappa shape index (κ2) is 11.1. The molecule has 244 valence electrons. The van der Waals surface area contributed by atoms with E-state index >= 15 is 0 Å². The summed E-state index contributed by atoms with van der Waals surface area (Å²) in [6, 6.07) is 66.5. The predicted octanol–water partition coefficient (Wildman–Crippen LogP) is 13.4. The number of anilines is 3. The van der Waals surface area contributed by atoms with Crippen molar-refractivity contribution in [2.45, 2.75) is 6.92 Å². The molecule has 0 amide bonds. The molecule has 0 aliphatic carbocycles. The van der Waals surface area contributed by atoms with Gasteiger partial charge in [0.25, 0.3) is 0 Å². The van der Waals surface area contributed by atoms with Crippen molar-refractivity contribution in [1.82, 2.24) is 8.97 Å². The molecule has 0 spiro atoms. The summed E-state index contributed by atoms with van der Waals surface area (Å²) in [7, 11) is 0. The Morgan fingerprint density at radius 1 is 0.385 bits per heavy atom. The molecule has 0 saturated heterocycles. The van der Waals surface area contributed by atoms with Gasteiger partial charge in [0.15, 0.2) is 0 Å². The Balaban J connectivity index is 1.09. The number of fused-ring (bicyclic) bond motifs is 9. The zero-order valence-corrected chi connectivity index (χ0v) is 28.7. The summed E-state index contributed by atoms with van der Waals surface area (Å²) in [5, 5.41) is 7.65. The van der Waals surface area contributed by atoms with Gasteiger partial charge in [-0.15, -0.1) is 0 Å². The van der Waals surface area contributed by atoms with E-state index in [1.165, 1.54) is 82.3 Å². The first-order valence-corrected chi connectivity index (χ1v) is 17.9. The molecule has 0 atom stereocenters. The Labute approximate surface area is 301 Å². The first-order valence-electron chi connectivity index (χ1n) is 17.9. The molecule has 0 radical (unpaired) electrons. The quantitative estimate of drug-likeness (QED) is 0.179. The molecule has 0 saturated carbocycles. The normalized spacial score (nSPS) is 11.9. The number of aromatic nitrogens is 2. The number of benzene rings is 8. The predicted molar refractivity (Wildman–Crippen MR) is 220 cm³/mol. The SMILES string of the molecule is Cc1ccc(N(c2ccc(-c3ccc4c(c3)c3ccccc3n4-c3ccccc3)cc2)c2cccc3c4cccc5c6ccccc6n(c23)c54)cc1. The van der Waals surface area contributed by atoms with Crippen LogP contribution in [0, 0.1) is 6.92 Å². The molecule has 11 aromatic rings. The van der Waals surface area contributed by atoms with Crippen LogP contribution < -0.4 is 4.90 Å². The fourth-order valence-corrected chi connectivity index (χ4v) is 8.56. The highest BCUT2D eigenvalue weighted by Crippen LogP contribution is 2.46.